The first-order valence-corrected chi connectivity index (χ1v) is 10.9. The van der Waals surface area contributed by atoms with Crippen molar-refractivity contribution in [3.8, 4) is 11.5 Å². The number of ether oxygens (including phenoxy) is 2. The highest BCUT2D eigenvalue weighted by Crippen LogP contribution is 2.36. The van der Waals surface area contributed by atoms with Crippen LogP contribution in [-0.4, -0.2) is 50.9 Å². The minimum atomic E-state index is -3.58. The maximum Gasteiger partial charge on any atom is 0.262 e. The number of methoxy groups -OCH3 is 1. The van der Waals surface area contributed by atoms with E-state index in [1.165, 1.54) is 13.2 Å². The molecular weight excluding hydrogens is 401 g/mol. The first kappa shape index (κ1) is 20.8. The Hall–Kier alpha value is -2.94. The highest BCUT2D eigenvalue weighted by Gasteiger charge is 2.42. The lowest BCUT2D eigenvalue weighted by Gasteiger charge is -2.26. The minimum Gasteiger partial charge on any atom is -0.493 e. The molecular formula is C20H20FNO6S. The summed E-state index contributed by atoms with van der Waals surface area (Å²) in [7, 11) is -2.12. The largest absolute Gasteiger partial charge is 0.493 e. The molecule has 29 heavy (non-hydrogen) atoms. The molecule has 0 aliphatic carbocycles. The molecule has 2 aromatic rings. The Morgan fingerprint density at radius 1 is 1.03 bits per heavy atom. The molecule has 1 aliphatic rings. The Kier molecular flexibility index (Phi) is 5.61. The Morgan fingerprint density at radius 3 is 2.34 bits per heavy atom. The average molecular weight is 421 g/mol. The molecule has 2 amide bonds. The van der Waals surface area contributed by atoms with Crippen LogP contribution in [0.4, 0.5) is 4.39 Å². The fraction of sp³-hybridized carbons (Fsp3) is 0.300. The first-order chi connectivity index (χ1) is 13.7. The second-order valence-electron chi connectivity index (χ2n) is 6.62. The van der Waals surface area contributed by atoms with Gasteiger partial charge in [-0.1, -0.05) is 6.07 Å². The third-order valence-corrected chi connectivity index (χ3v) is 5.45. The fourth-order valence-electron chi connectivity index (χ4n) is 3.29. The summed E-state index contributed by atoms with van der Waals surface area (Å²) in [5.41, 5.74) is 0.329. The van der Waals surface area contributed by atoms with E-state index in [9.17, 15) is 22.4 Å². The summed E-state index contributed by atoms with van der Waals surface area (Å²) < 4.78 is 48.5. The number of imide groups is 1. The number of carbonyl (C=O) groups excluding carboxylic acids is 2. The van der Waals surface area contributed by atoms with Gasteiger partial charge in [-0.3, -0.25) is 14.5 Å². The maximum atomic E-state index is 13.6. The van der Waals surface area contributed by atoms with Crippen molar-refractivity contribution in [2.24, 2.45) is 0 Å². The molecule has 0 radical (unpaired) electrons. The zero-order valence-corrected chi connectivity index (χ0v) is 17.0. The van der Waals surface area contributed by atoms with Gasteiger partial charge in [0, 0.05) is 6.26 Å². The first-order valence-electron chi connectivity index (χ1n) is 8.82. The Bertz CT molecular complexity index is 1080. The van der Waals surface area contributed by atoms with Crippen LogP contribution < -0.4 is 9.47 Å². The van der Waals surface area contributed by atoms with Gasteiger partial charge >= 0.3 is 0 Å². The van der Waals surface area contributed by atoms with Crippen molar-refractivity contribution < 1.29 is 31.9 Å². The van der Waals surface area contributed by atoms with Gasteiger partial charge in [0.05, 0.1) is 36.6 Å². The van der Waals surface area contributed by atoms with Gasteiger partial charge in [-0.15, -0.1) is 0 Å². The van der Waals surface area contributed by atoms with Crippen LogP contribution in [0.15, 0.2) is 36.4 Å². The molecule has 2 aromatic carbocycles. The van der Waals surface area contributed by atoms with E-state index in [2.05, 4.69) is 0 Å². The molecule has 154 valence electrons. The third kappa shape index (κ3) is 4.09. The van der Waals surface area contributed by atoms with Gasteiger partial charge in [0.1, 0.15) is 15.7 Å². The normalized spacial score (nSPS) is 14.7. The van der Waals surface area contributed by atoms with Crippen LogP contribution in [0, 0.1) is 5.82 Å². The second-order valence-corrected chi connectivity index (χ2v) is 8.81. The van der Waals surface area contributed by atoms with Gasteiger partial charge in [0.2, 0.25) is 0 Å². The number of hydrogen-bond acceptors (Lipinski definition) is 6. The average Bonchev–Trinajstić information content (AvgIpc) is 2.89. The van der Waals surface area contributed by atoms with E-state index in [0.29, 0.717) is 23.7 Å². The summed E-state index contributed by atoms with van der Waals surface area (Å²) in [6.07, 6.45) is 1.02. The molecule has 0 aromatic heterocycles. The zero-order chi connectivity index (χ0) is 21.3. The predicted molar refractivity (Wildman–Crippen MR) is 104 cm³/mol. The van der Waals surface area contributed by atoms with E-state index < -0.39 is 39.3 Å². The van der Waals surface area contributed by atoms with E-state index in [-0.39, 0.29) is 11.1 Å². The molecule has 0 N–H and O–H groups in total. The summed E-state index contributed by atoms with van der Waals surface area (Å²) in [5.74, 6) is -1.78. The molecule has 1 atom stereocenters. The van der Waals surface area contributed by atoms with E-state index in [0.717, 1.165) is 23.3 Å². The molecule has 9 heteroatoms. The number of amides is 2. The van der Waals surface area contributed by atoms with E-state index in [1.54, 1.807) is 25.1 Å². The number of fused-ring (bicyclic) bond motifs is 1. The monoisotopic (exact) mass is 421 g/mol. The van der Waals surface area contributed by atoms with Gasteiger partial charge in [0.25, 0.3) is 11.8 Å². The van der Waals surface area contributed by atoms with Crippen molar-refractivity contribution in [2.45, 2.75) is 13.0 Å². The highest BCUT2D eigenvalue weighted by atomic mass is 32.2. The second kappa shape index (κ2) is 7.82. The zero-order valence-electron chi connectivity index (χ0n) is 16.1. The summed E-state index contributed by atoms with van der Waals surface area (Å²) in [6, 6.07) is 6.87. The highest BCUT2D eigenvalue weighted by molar-refractivity contribution is 7.90. The van der Waals surface area contributed by atoms with E-state index in [1.807, 2.05) is 0 Å². The van der Waals surface area contributed by atoms with E-state index >= 15 is 0 Å². The van der Waals surface area contributed by atoms with Crippen LogP contribution in [0.3, 0.4) is 0 Å². The molecule has 1 aliphatic heterocycles. The van der Waals surface area contributed by atoms with Crippen molar-refractivity contribution in [3.63, 3.8) is 0 Å². The molecule has 3 rings (SSSR count). The third-order valence-electron chi connectivity index (χ3n) is 4.52. The van der Waals surface area contributed by atoms with Crippen molar-refractivity contribution in [2.75, 3.05) is 25.7 Å². The lowest BCUT2D eigenvalue weighted by atomic mass is 10.1. The summed E-state index contributed by atoms with van der Waals surface area (Å²) in [6.45, 7) is 2.11. The Morgan fingerprint density at radius 2 is 1.72 bits per heavy atom. The van der Waals surface area contributed by atoms with Crippen LogP contribution >= 0.6 is 0 Å². The fourth-order valence-corrected chi connectivity index (χ4v) is 4.21. The molecule has 0 fully saturated rings. The molecule has 0 unspecified atom stereocenters. The maximum absolute atomic E-state index is 13.6. The molecule has 1 heterocycles. The molecule has 0 bridgehead atoms. The standard InChI is InChI=1S/C20H20FNO6S/c1-4-28-18-9-12(5-8-17(18)27-2)16(11-29(3,25)26)22-19(23)14-7-6-13(21)10-15(14)20(22)24/h5-10,16H,4,11H2,1-3H3/t16-/m1/s1. The lowest BCUT2D eigenvalue weighted by Crippen LogP contribution is -2.37. The number of rotatable bonds is 7. The van der Waals surface area contributed by atoms with E-state index in [4.69, 9.17) is 9.47 Å². The Labute approximate surface area is 168 Å². The van der Waals surface area contributed by atoms with Crippen LogP contribution in [0.5, 0.6) is 11.5 Å². The number of benzene rings is 2. The van der Waals surface area contributed by atoms with Crippen LogP contribution in [0.1, 0.15) is 39.2 Å². The van der Waals surface area contributed by atoms with Crippen LogP contribution in [0.2, 0.25) is 0 Å². The quantitative estimate of drug-likeness (QED) is 0.639. The number of hydrogen-bond donors (Lipinski definition) is 0. The predicted octanol–water partition coefficient (Wildman–Crippen LogP) is 2.61. The summed E-state index contributed by atoms with van der Waals surface area (Å²) in [5, 5.41) is 0. The van der Waals surface area contributed by atoms with Crippen molar-refractivity contribution in [1.82, 2.24) is 4.90 Å². The number of halogens is 1. The minimum absolute atomic E-state index is 0.0356. The van der Waals surface area contributed by atoms with Gasteiger partial charge in [-0.05, 0) is 42.8 Å². The summed E-state index contributed by atoms with van der Waals surface area (Å²) >= 11 is 0. The summed E-state index contributed by atoms with van der Waals surface area (Å²) in [4.78, 5) is 26.6. The molecule has 0 saturated heterocycles. The smallest absolute Gasteiger partial charge is 0.262 e. The van der Waals surface area contributed by atoms with Crippen molar-refractivity contribution in [1.29, 1.82) is 0 Å². The molecule has 0 saturated carbocycles. The number of nitrogens with zero attached hydrogens (tertiary/aromatic N) is 1. The molecule has 0 spiro atoms. The number of sulfone groups is 1. The van der Waals surface area contributed by atoms with Gasteiger partial charge in [-0.25, -0.2) is 12.8 Å². The van der Waals surface area contributed by atoms with Gasteiger partial charge < -0.3 is 9.47 Å². The SMILES string of the molecule is CCOc1cc([C@@H](CS(C)(=O)=O)N2C(=O)c3ccc(F)cc3C2=O)ccc1OC. The van der Waals surface area contributed by atoms with Crippen LogP contribution in [-0.2, 0) is 9.84 Å². The van der Waals surface area contributed by atoms with Crippen molar-refractivity contribution in [3.05, 3.63) is 58.9 Å². The van der Waals surface area contributed by atoms with Crippen LogP contribution in [0.25, 0.3) is 0 Å². The van der Waals surface area contributed by atoms with Crippen molar-refractivity contribution >= 4 is 21.7 Å². The number of carbonyl (C=O) groups is 2. The van der Waals surface area contributed by atoms with Gasteiger partial charge in [-0.2, -0.15) is 0 Å². The topological polar surface area (TPSA) is 90.0 Å². The molecule has 7 nitrogen and oxygen atoms in total. The van der Waals surface area contributed by atoms with Gasteiger partial charge in [0.15, 0.2) is 11.5 Å². The Balaban J connectivity index is 2.11. The lowest BCUT2D eigenvalue weighted by molar-refractivity contribution is 0.0597.